The van der Waals surface area contributed by atoms with Crippen molar-refractivity contribution in [3.05, 3.63) is 0 Å². The van der Waals surface area contributed by atoms with E-state index >= 15 is 0 Å². The summed E-state index contributed by atoms with van der Waals surface area (Å²) >= 11 is 6.01. The third kappa shape index (κ3) is 1.49. The molecule has 2 aliphatic carbocycles. The van der Waals surface area contributed by atoms with Gasteiger partial charge in [-0.1, -0.05) is 0 Å². The van der Waals surface area contributed by atoms with Crippen LogP contribution in [0.2, 0.25) is 0 Å². The highest BCUT2D eigenvalue weighted by Crippen LogP contribution is 2.60. The van der Waals surface area contributed by atoms with Gasteiger partial charge in [-0.25, -0.2) is 0 Å². The van der Waals surface area contributed by atoms with Gasteiger partial charge in [-0.3, -0.25) is 0 Å². The van der Waals surface area contributed by atoms with Gasteiger partial charge >= 0.3 is 0 Å². The first-order chi connectivity index (χ1) is 5.79. The number of alkyl halides is 1. The van der Waals surface area contributed by atoms with E-state index in [0.717, 1.165) is 30.9 Å². The molecule has 2 heteroatoms. The van der Waals surface area contributed by atoms with E-state index in [1.165, 1.54) is 19.3 Å². The average molecular weight is 189 g/mol. The number of rotatable bonds is 4. The zero-order valence-corrected chi connectivity index (χ0v) is 8.44. The fourth-order valence-corrected chi connectivity index (χ4v) is 2.89. The van der Waals surface area contributed by atoms with E-state index in [2.05, 4.69) is 6.92 Å². The highest BCUT2D eigenvalue weighted by atomic mass is 35.5. The maximum absolute atomic E-state index is 6.01. The van der Waals surface area contributed by atoms with Crippen molar-refractivity contribution in [3.63, 3.8) is 0 Å². The lowest BCUT2D eigenvalue weighted by Gasteiger charge is -2.27. The van der Waals surface area contributed by atoms with Crippen LogP contribution in [0.15, 0.2) is 0 Å². The van der Waals surface area contributed by atoms with Crippen LogP contribution in [-0.2, 0) is 4.74 Å². The number of hydrogen-bond acceptors (Lipinski definition) is 1. The van der Waals surface area contributed by atoms with E-state index in [1.54, 1.807) is 0 Å². The molecule has 0 spiro atoms. The molecule has 1 nitrogen and oxygen atoms in total. The summed E-state index contributed by atoms with van der Waals surface area (Å²) in [5, 5.41) is 0. The van der Waals surface area contributed by atoms with Gasteiger partial charge in [0.25, 0.3) is 0 Å². The van der Waals surface area contributed by atoms with E-state index in [-0.39, 0.29) is 0 Å². The minimum absolute atomic E-state index is 0.352. The molecule has 2 fully saturated rings. The molecule has 70 valence electrons. The maximum atomic E-state index is 6.01. The van der Waals surface area contributed by atoms with Gasteiger partial charge in [0, 0.05) is 17.9 Å². The molecule has 2 unspecified atom stereocenters. The van der Waals surface area contributed by atoms with Crippen molar-refractivity contribution in [2.75, 3.05) is 19.1 Å². The molecule has 0 heterocycles. The molecule has 0 saturated heterocycles. The first kappa shape index (κ1) is 8.83. The van der Waals surface area contributed by atoms with E-state index in [1.807, 2.05) is 0 Å². The van der Waals surface area contributed by atoms with Crippen LogP contribution in [0.3, 0.4) is 0 Å². The highest BCUT2D eigenvalue weighted by molar-refractivity contribution is 6.18. The summed E-state index contributed by atoms with van der Waals surface area (Å²) in [5.74, 6) is 2.80. The second kappa shape index (κ2) is 3.19. The van der Waals surface area contributed by atoms with E-state index < -0.39 is 0 Å². The summed E-state index contributed by atoms with van der Waals surface area (Å²) in [5.41, 5.74) is 0.352. The second-order valence-electron chi connectivity index (χ2n) is 4.43. The zero-order valence-electron chi connectivity index (χ0n) is 7.68. The Labute approximate surface area is 79.4 Å². The fraction of sp³-hybridized carbons (Fsp3) is 1.00. The number of halogens is 1. The Hall–Kier alpha value is 0.250. The molecule has 2 rings (SSSR count). The summed E-state index contributed by atoms with van der Waals surface area (Å²) in [4.78, 5) is 0. The van der Waals surface area contributed by atoms with Crippen LogP contribution in [0, 0.1) is 17.3 Å². The molecule has 0 aromatic rings. The third-order valence-corrected chi connectivity index (χ3v) is 3.92. The van der Waals surface area contributed by atoms with E-state index in [9.17, 15) is 0 Å². The quantitative estimate of drug-likeness (QED) is 0.617. The third-order valence-electron chi connectivity index (χ3n) is 3.36. The summed E-state index contributed by atoms with van der Waals surface area (Å²) in [6, 6.07) is 0. The monoisotopic (exact) mass is 188 g/mol. The summed E-state index contributed by atoms with van der Waals surface area (Å²) in [7, 11) is 0. The van der Waals surface area contributed by atoms with Crippen molar-refractivity contribution in [2.24, 2.45) is 17.3 Å². The van der Waals surface area contributed by atoms with Gasteiger partial charge < -0.3 is 4.74 Å². The maximum Gasteiger partial charge on any atom is 0.0533 e. The number of hydrogen-bond donors (Lipinski definition) is 0. The Balaban J connectivity index is 1.87. The van der Waals surface area contributed by atoms with Crippen LogP contribution in [0.5, 0.6) is 0 Å². The lowest BCUT2D eigenvalue weighted by Crippen LogP contribution is -2.27. The molecule has 2 atom stereocenters. The standard InChI is InChI=1S/C10H17ClO/c1-2-12-7-10(6-11)4-8-3-9(8)5-10/h8-9H,2-7H2,1H3. The molecule has 2 aliphatic rings. The molecular weight excluding hydrogens is 172 g/mol. The minimum Gasteiger partial charge on any atom is -0.381 e. The predicted molar refractivity (Wildman–Crippen MR) is 50.5 cm³/mol. The van der Waals surface area contributed by atoms with Gasteiger partial charge in [0.15, 0.2) is 0 Å². The Morgan fingerprint density at radius 3 is 2.58 bits per heavy atom. The van der Waals surface area contributed by atoms with Crippen molar-refractivity contribution >= 4 is 11.6 Å². The van der Waals surface area contributed by atoms with Gasteiger partial charge in [-0.05, 0) is 38.0 Å². The second-order valence-corrected chi connectivity index (χ2v) is 4.70. The van der Waals surface area contributed by atoms with Gasteiger partial charge in [0.2, 0.25) is 0 Å². The van der Waals surface area contributed by atoms with Crippen LogP contribution in [0.1, 0.15) is 26.2 Å². The molecule has 0 N–H and O–H groups in total. The predicted octanol–water partition coefficient (Wildman–Crippen LogP) is 2.68. The van der Waals surface area contributed by atoms with Crippen molar-refractivity contribution < 1.29 is 4.74 Å². The average Bonchev–Trinajstić information content (AvgIpc) is 2.72. The Morgan fingerprint density at radius 2 is 2.08 bits per heavy atom. The van der Waals surface area contributed by atoms with Gasteiger partial charge in [0.05, 0.1) is 6.61 Å². The van der Waals surface area contributed by atoms with E-state index in [4.69, 9.17) is 16.3 Å². The van der Waals surface area contributed by atoms with Gasteiger partial charge in [-0.15, -0.1) is 11.6 Å². The molecule has 0 aromatic carbocycles. The first-order valence-corrected chi connectivity index (χ1v) is 5.47. The normalized spacial score (nSPS) is 44.5. The molecule has 12 heavy (non-hydrogen) atoms. The Morgan fingerprint density at radius 1 is 1.42 bits per heavy atom. The number of ether oxygens (including phenoxy) is 1. The lowest BCUT2D eigenvalue weighted by molar-refractivity contribution is 0.0594. The first-order valence-electron chi connectivity index (χ1n) is 4.93. The molecule has 2 saturated carbocycles. The summed E-state index contributed by atoms with van der Waals surface area (Å²) < 4.78 is 5.50. The van der Waals surface area contributed by atoms with E-state index in [0.29, 0.717) is 5.41 Å². The molecule has 0 aliphatic heterocycles. The van der Waals surface area contributed by atoms with Gasteiger partial charge in [-0.2, -0.15) is 0 Å². The van der Waals surface area contributed by atoms with Crippen LogP contribution in [0.4, 0.5) is 0 Å². The molecule has 0 bridgehead atoms. The zero-order chi connectivity index (χ0) is 8.60. The van der Waals surface area contributed by atoms with Crippen molar-refractivity contribution in [2.45, 2.75) is 26.2 Å². The fourth-order valence-electron chi connectivity index (χ4n) is 2.59. The van der Waals surface area contributed by atoms with Crippen LogP contribution < -0.4 is 0 Å². The van der Waals surface area contributed by atoms with Crippen molar-refractivity contribution in [3.8, 4) is 0 Å². The molecule has 0 aromatic heterocycles. The molecule has 0 amide bonds. The van der Waals surface area contributed by atoms with Gasteiger partial charge in [0.1, 0.15) is 0 Å². The SMILES string of the molecule is CCOCC1(CCl)CC2CC2C1. The van der Waals surface area contributed by atoms with Crippen LogP contribution in [0.25, 0.3) is 0 Å². The van der Waals surface area contributed by atoms with Crippen LogP contribution in [-0.4, -0.2) is 19.1 Å². The van der Waals surface area contributed by atoms with Crippen molar-refractivity contribution in [1.29, 1.82) is 0 Å². The highest BCUT2D eigenvalue weighted by Gasteiger charge is 2.53. The largest absolute Gasteiger partial charge is 0.381 e. The Bertz CT molecular complexity index is 159. The minimum atomic E-state index is 0.352. The summed E-state index contributed by atoms with van der Waals surface area (Å²) in [6.45, 7) is 3.77. The Kier molecular flexibility index (Phi) is 2.35. The summed E-state index contributed by atoms with van der Waals surface area (Å²) in [6.07, 6.45) is 4.10. The smallest absolute Gasteiger partial charge is 0.0533 e. The van der Waals surface area contributed by atoms with Crippen molar-refractivity contribution in [1.82, 2.24) is 0 Å². The number of fused-ring (bicyclic) bond motifs is 1. The topological polar surface area (TPSA) is 9.23 Å². The lowest BCUT2D eigenvalue weighted by atomic mass is 9.86. The molecule has 0 radical (unpaired) electrons. The van der Waals surface area contributed by atoms with Crippen LogP contribution >= 0.6 is 11.6 Å². The molecular formula is C10H17ClO.